The van der Waals surface area contributed by atoms with Crippen LogP contribution in [0.3, 0.4) is 0 Å². The second-order valence-electron chi connectivity index (χ2n) is 3.08. The van der Waals surface area contributed by atoms with Gasteiger partial charge in [-0.2, -0.15) is 0 Å². The summed E-state index contributed by atoms with van der Waals surface area (Å²) in [5.74, 6) is 0.0466. The molecule has 2 aromatic rings. The van der Waals surface area contributed by atoms with Crippen molar-refractivity contribution >= 4 is 17.1 Å². The molecule has 76 valence electrons. The Balaban J connectivity index is 2.48. The maximum Gasteiger partial charge on any atom is 0.171 e. The Morgan fingerprint density at radius 2 is 2.27 bits per heavy atom. The van der Waals surface area contributed by atoms with Crippen LogP contribution in [0.2, 0.25) is 0 Å². The zero-order valence-electron chi connectivity index (χ0n) is 8.39. The molecule has 0 saturated carbocycles. The van der Waals surface area contributed by atoms with Gasteiger partial charge in [0.1, 0.15) is 17.0 Å². The van der Waals surface area contributed by atoms with Crippen LogP contribution in [0.15, 0.2) is 18.6 Å². The van der Waals surface area contributed by atoms with Gasteiger partial charge in [-0.15, -0.1) is 11.3 Å². The van der Waals surface area contributed by atoms with Crippen LogP contribution < -0.4 is 0 Å². The number of aromatic nitrogens is 3. The largest absolute Gasteiger partial charge is 0.294 e. The summed E-state index contributed by atoms with van der Waals surface area (Å²) in [5, 5.41) is 0.764. The summed E-state index contributed by atoms with van der Waals surface area (Å²) in [6.07, 6.45) is 3.13. The second-order valence-corrected chi connectivity index (χ2v) is 4.08. The number of hydrogen-bond donors (Lipinski definition) is 0. The molecule has 0 radical (unpaired) electrons. The lowest BCUT2D eigenvalue weighted by atomic mass is 10.3. The van der Waals surface area contributed by atoms with E-state index >= 15 is 0 Å². The summed E-state index contributed by atoms with van der Waals surface area (Å²) in [4.78, 5) is 24.2. The van der Waals surface area contributed by atoms with Crippen LogP contribution in [0.4, 0.5) is 0 Å². The van der Waals surface area contributed by atoms with Crippen LogP contribution >= 0.6 is 11.3 Å². The van der Waals surface area contributed by atoms with Gasteiger partial charge in [0, 0.05) is 13.1 Å². The van der Waals surface area contributed by atoms with Crippen molar-refractivity contribution in [2.75, 3.05) is 0 Å². The van der Waals surface area contributed by atoms with E-state index in [2.05, 4.69) is 15.0 Å². The Labute approximate surface area is 91.0 Å². The smallest absolute Gasteiger partial charge is 0.171 e. The van der Waals surface area contributed by atoms with Crippen LogP contribution in [-0.2, 0) is 0 Å². The molecule has 0 N–H and O–H groups in total. The maximum atomic E-state index is 11.2. The first-order valence-corrected chi connectivity index (χ1v) is 5.25. The molecular formula is C10H9N3OS. The highest BCUT2D eigenvalue weighted by molar-refractivity contribution is 7.17. The SMILES string of the molecule is CC(=O)c1sc(-c2ccncn2)nc1C. The van der Waals surface area contributed by atoms with Crippen LogP contribution in [0, 0.1) is 6.92 Å². The summed E-state index contributed by atoms with van der Waals surface area (Å²) in [7, 11) is 0. The Bertz CT molecular complexity index is 493. The van der Waals surface area contributed by atoms with E-state index in [0.29, 0.717) is 4.88 Å². The molecule has 2 heterocycles. The van der Waals surface area contributed by atoms with Gasteiger partial charge in [-0.1, -0.05) is 0 Å². The highest BCUT2D eigenvalue weighted by atomic mass is 32.1. The van der Waals surface area contributed by atoms with Crippen molar-refractivity contribution in [3.63, 3.8) is 0 Å². The van der Waals surface area contributed by atoms with Crippen molar-refractivity contribution in [1.82, 2.24) is 15.0 Å². The predicted molar refractivity (Wildman–Crippen MR) is 57.9 cm³/mol. The van der Waals surface area contributed by atoms with Crippen LogP contribution in [0.25, 0.3) is 10.7 Å². The third-order valence-corrected chi connectivity index (χ3v) is 3.20. The van der Waals surface area contributed by atoms with E-state index in [4.69, 9.17) is 0 Å². The van der Waals surface area contributed by atoms with Gasteiger partial charge in [0.15, 0.2) is 5.78 Å². The highest BCUT2D eigenvalue weighted by Gasteiger charge is 2.12. The standard InChI is InChI=1S/C10H9N3OS/c1-6-9(7(2)14)15-10(13-6)8-3-4-11-5-12-8/h3-5H,1-2H3. The van der Waals surface area contributed by atoms with Crippen molar-refractivity contribution in [3.05, 3.63) is 29.2 Å². The predicted octanol–water partition coefficient (Wildman–Crippen LogP) is 2.11. The molecule has 0 atom stereocenters. The van der Waals surface area contributed by atoms with E-state index in [1.807, 2.05) is 6.92 Å². The molecular weight excluding hydrogens is 210 g/mol. The lowest BCUT2D eigenvalue weighted by Crippen LogP contribution is -1.89. The minimum atomic E-state index is 0.0466. The quantitative estimate of drug-likeness (QED) is 0.726. The first kappa shape index (κ1) is 9.92. The van der Waals surface area contributed by atoms with Crippen molar-refractivity contribution < 1.29 is 4.79 Å². The van der Waals surface area contributed by atoms with Crippen molar-refractivity contribution in [1.29, 1.82) is 0 Å². The Hall–Kier alpha value is -1.62. The number of rotatable bonds is 2. The number of aryl methyl sites for hydroxylation is 1. The molecule has 0 fully saturated rings. The first-order chi connectivity index (χ1) is 7.18. The number of thiazole rings is 1. The number of hydrogen-bond acceptors (Lipinski definition) is 5. The van der Waals surface area contributed by atoms with Gasteiger partial charge in [-0.25, -0.2) is 15.0 Å². The Morgan fingerprint density at radius 1 is 1.47 bits per heavy atom. The van der Waals surface area contributed by atoms with Gasteiger partial charge >= 0.3 is 0 Å². The van der Waals surface area contributed by atoms with Gasteiger partial charge in [-0.05, 0) is 13.0 Å². The van der Waals surface area contributed by atoms with Crippen molar-refractivity contribution in [3.8, 4) is 10.7 Å². The number of ketones is 1. The van der Waals surface area contributed by atoms with Crippen molar-refractivity contribution in [2.45, 2.75) is 13.8 Å². The monoisotopic (exact) mass is 219 g/mol. The van der Waals surface area contributed by atoms with Gasteiger partial charge in [0.25, 0.3) is 0 Å². The molecule has 0 aromatic carbocycles. The Kier molecular flexibility index (Phi) is 2.55. The number of carbonyl (C=O) groups excluding carboxylic acids is 1. The maximum absolute atomic E-state index is 11.2. The fraction of sp³-hybridized carbons (Fsp3) is 0.200. The number of carbonyl (C=O) groups is 1. The number of nitrogens with zero attached hydrogens (tertiary/aromatic N) is 3. The van der Waals surface area contributed by atoms with Crippen LogP contribution in [-0.4, -0.2) is 20.7 Å². The normalized spacial score (nSPS) is 10.3. The molecule has 0 aliphatic rings. The summed E-state index contributed by atoms with van der Waals surface area (Å²) in [6.45, 7) is 3.38. The molecule has 5 heteroatoms. The van der Waals surface area contributed by atoms with E-state index in [0.717, 1.165) is 16.4 Å². The van der Waals surface area contributed by atoms with E-state index in [-0.39, 0.29) is 5.78 Å². The summed E-state index contributed by atoms with van der Waals surface area (Å²) < 4.78 is 0. The third-order valence-electron chi connectivity index (χ3n) is 1.92. The van der Waals surface area contributed by atoms with Crippen LogP contribution in [0.5, 0.6) is 0 Å². The molecule has 0 aliphatic heterocycles. The topological polar surface area (TPSA) is 55.7 Å². The van der Waals surface area contributed by atoms with Gasteiger partial charge in [0.05, 0.1) is 10.6 Å². The molecule has 15 heavy (non-hydrogen) atoms. The van der Waals surface area contributed by atoms with E-state index < -0.39 is 0 Å². The fourth-order valence-electron chi connectivity index (χ4n) is 1.25. The zero-order chi connectivity index (χ0) is 10.8. The van der Waals surface area contributed by atoms with E-state index in [1.165, 1.54) is 17.7 Å². The first-order valence-electron chi connectivity index (χ1n) is 4.43. The fourth-order valence-corrected chi connectivity index (χ4v) is 2.19. The van der Waals surface area contributed by atoms with E-state index in [1.54, 1.807) is 19.2 Å². The van der Waals surface area contributed by atoms with Gasteiger partial charge in [0.2, 0.25) is 0 Å². The average Bonchev–Trinajstić information content (AvgIpc) is 2.62. The Morgan fingerprint density at radius 3 is 2.80 bits per heavy atom. The molecule has 0 saturated heterocycles. The summed E-state index contributed by atoms with van der Waals surface area (Å²) in [6, 6.07) is 1.78. The minimum Gasteiger partial charge on any atom is -0.294 e. The van der Waals surface area contributed by atoms with Crippen molar-refractivity contribution in [2.24, 2.45) is 0 Å². The minimum absolute atomic E-state index is 0.0466. The van der Waals surface area contributed by atoms with E-state index in [9.17, 15) is 4.79 Å². The lowest BCUT2D eigenvalue weighted by Gasteiger charge is -1.90. The molecule has 0 amide bonds. The molecule has 0 spiro atoms. The summed E-state index contributed by atoms with van der Waals surface area (Å²) >= 11 is 1.37. The van der Waals surface area contributed by atoms with Gasteiger partial charge < -0.3 is 0 Å². The summed E-state index contributed by atoms with van der Waals surface area (Å²) in [5.41, 5.74) is 1.52. The average molecular weight is 219 g/mol. The zero-order valence-corrected chi connectivity index (χ0v) is 9.21. The third kappa shape index (κ3) is 1.92. The molecule has 0 unspecified atom stereocenters. The highest BCUT2D eigenvalue weighted by Crippen LogP contribution is 2.26. The molecule has 0 aliphatic carbocycles. The lowest BCUT2D eigenvalue weighted by molar-refractivity contribution is 0.102. The molecule has 2 aromatic heterocycles. The second kappa shape index (κ2) is 3.86. The molecule has 2 rings (SSSR count). The van der Waals surface area contributed by atoms with Gasteiger partial charge in [-0.3, -0.25) is 4.79 Å². The number of Topliss-reactive ketones (excluding diaryl/α,β-unsaturated/α-hetero) is 1. The molecule has 0 bridgehead atoms. The van der Waals surface area contributed by atoms with Crippen LogP contribution in [0.1, 0.15) is 22.3 Å². The molecule has 4 nitrogen and oxygen atoms in total.